The second kappa shape index (κ2) is 5.90. The van der Waals surface area contributed by atoms with Crippen LogP contribution in [-0.2, 0) is 9.59 Å². The third-order valence-electron chi connectivity index (χ3n) is 3.72. The number of hydrogen-bond acceptors (Lipinski definition) is 4. The number of pyridine rings is 1. The molecule has 108 valence electrons. The molecule has 0 aliphatic carbocycles. The molecule has 1 saturated heterocycles. The van der Waals surface area contributed by atoms with E-state index in [0.717, 1.165) is 5.56 Å². The first-order chi connectivity index (χ1) is 9.54. The number of carbonyl (C=O) groups excluding carboxylic acids is 1. The molecule has 6 heteroatoms. The van der Waals surface area contributed by atoms with E-state index in [-0.39, 0.29) is 5.91 Å². The normalized spacial score (nSPS) is 23.3. The number of ether oxygens (including phenoxy) is 1. The molecule has 2 atom stereocenters. The highest BCUT2D eigenvalue weighted by Gasteiger charge is 2.36. The van der Waals surface area contributed by atoms with E-state index >= 15 is 0 Å². The number of amides is 1. The van der Waals surface area contributed by atoms with Gasteiger partial charge in [0.2, 0.25) is 11.8 Å². The highest BCUT2D eigenvalue weighted by Crippen LogP contribution is 2.35. The van der Waals surface area contributed by atoms with Crippen LogP contribution in [0.5, 0.6) is 5.88 Å². The Morgan fingerprint density at radius 3 is 2.80 bits per heavy atom. The summed E-state index contributed by atoms with van der Waals surface area (Å²) in [6.45, 7) is 0. The number of hydrogen-bond donors (Lipinski definition) is 1. The molecule has 1 aliphatic rings. The number of aliphatic carboxylic acids is 1. The Balaban J connectivity index is 2.38. The van der Waals surface area contributed by atoms with Crippen molar-refractivity contribution in [1.29, 1.82) is 0 Å². The van der Waals surface area contributed by atoms with Crippen molar-refractivity contribution in [1.82, 2.24) is 9.88 Å². The molecule has 0 bridgehead atoms. The summed E-state index contributed by atoms with van der Waals surface area (Å²) in [5.74, 6) is -1.06. The number of carbonyl (C=O) groups is 2. The number of aromatic nitrogens is 1. The van der Waals surface area contributed by atoms with E-state index in [1.54, 1.807) is 25.4 Å². The van der Waals surface area contributed by atoms with Gasteiger partial charge in [0, 0.05) is 25.7 Å². The number of methoxy groups -OCH3 is 1. The van der Waals surface area contributed by atoms with Crippen molar-refractivity contribution < 1.29 is 19.4 Å². The molecule has 6 nitrogen and oxygen atoms in total. The second-order valence-electron chi connectivity index (χ2n) is 4.92. The van der Waals surface area contributed by atoms with Gasteiger partial charge in [-0.05, 0) is 18.4 Å². The lowest BCUT2D eigenvalue weighted by Crippen LogP contribution is -2.36. The maximum absolute atomic E-state index is 12.0. The van der Waals surface area contributed by atoms with Gasteiger partial charge in [0.25, 0.3) is 0 Å². The van der Waals surface area contributed by atoms with Crippen molar-refractivity contribution in [3.63, 3.8) is 0 Å². The molecular formula is C14H18N2O4. The molecule has 0 radical (unpaired) electrons. The van der Waals surface area contributed by atoms with Crippen molar-refractivity contribution >= 4 is 11.9 Å². The van der Waals surface area contributed by atoms with Crippen LogP contribution < -0.4 is 4.74 Å². The van der Waals surface area contributed by atoms with Gasteiger partial charge in [0.1, 0.15) is 0 Å². The molecule has 0 aromatic carbocycles. The van der Waals surface area contributed by atoms with Gasteiger partial charge in [0.15, 0.2) is 0 Å². The summed E-state index contributed by atoms with van der Waals surface area (Å²) in [5.41, 5.74) is 0.718. The molecule has 1 N–H and O–H groups in total. The molecule has 2 heterocycles. The second-order valence-corrected chi connectivity index (χ2v) is 4.92. The van der Waals surface area contributed by atoms with Crippen LogP contribution in [-0.4, -0.2) is 41.0 Å². The fourth-order valence-corrected chi connectivity index (χ4v) is 2.63. The van der Waals surface area contributed by atoms with E-state index in [4.69, 9.17) is 4.74 Å². The van der Waals surface area contributed by atoms with Crippen LogP contribution in [0.2, 0.25) is 0 Å². The minimum Gasteiger partial charge on any atom is -0.481 e. The number of rotatable bonds is 3. The maximum Gasteiger partial charge on any atom is 0.308 e. The summed E-state index contributed by atoms with van der Waals surface area (Å²) < 4.78 is 5.00. The van der Waals surface area contributed by atoms with E-state index in [9.17, 15) is 14.7 Å². The number of likely N-dealkylation sites (tertiary alicyclic amines) is 1. The Labute approximate surface area is 117 Å². The van der Waals surface area contributed by atoms with Crippen molar-refractivity contribution in [3.05, 3.63) is 23.9 Å². The van der Waals surface area contributed by atoms with E-state index in [0.29, 0.717) is 25.1 Å². The van der Waals surface area contributed by atoms with Crippen LogP contribution in [0, 0.1) is 5.92 Å². The zero-order valence-corrected chi connectivity index (χ0v) is 11.6. The minimum atomic E-state index is -0.882. The fraction of sp³-hybridized carbons (Fsp3) is 0.500. The fourth-order valence-electron chi connectivity index (χ4n) is 2.63. The lowest BCUT2D eigenvalue weighted by atomic mass is 9.90. The van der Waals surface area contributed by atoms with Gasteiger partial charge in [-0.15, -0.1) is 0 Å². The average molecular weight is 278 g/mol. The monoisotopic (exact) mass is 278 g/mol. The summed E-state index contributed by atoms with van der Waals surface area (Å²) in [7, 11) is 3.17. The molecule has 2 unspecified atom stereocenters. The summed E-state index contributed by atoms with van der Waals surface area (Å²) in [4.78, 5) is 29.1. The van der Waals surface area contributed by atoms with Crippen LogP contribution in [0.25, 0.3) is 0 Å². The molecule has 1 fully saturated rings. The van der Waals surface area contributed by atoms with Crippen molar-refractivity contribution in [2.24, 2.45) is 5.92 Å². The largest absolute Gasteiger partial charge is 0.481 e. The van der Waals surface area contributed by atoms with Gasteiger partial charge in [-0.1, -0.05) is 6.07 Å². The van der Waals surface area contributed by atoms with E-state index in [1.807, 2.05) is 0 Å². The van der Waals surface area contributed by atoms with Crippen LogP contribution in [0.3, 0.4) is 0 Å². The minimum absolute atomic E-state index is 0.0328. The van der Waals surface area contributed by atoms with Gasteiger partial charge in [-0.3, -0.25) is 9.59 Å². The Kier molecular flexibility index (Phi) is 4.22. The summed E-state index contributed by atoms with van der Waals surface area (Å²) >= 11 is 0. The molecule has 0 saturated carbocycles. The molecule has 1 aromatic heterocycles. The predicted octanol–water partition coefficient (Wildman–Crippen LogP) is 1.47. The van der Waals surface area contributed by atoms with Gasteiger partial charge >= 0.3 is 5.97 Å². The van der Waals surface area contributed by atoms with Gasteiger partial charge < -0.3 is 14.7 Å². The molecule has 0 spiro atoms. The Morgan fingerprint density at radius 1 is 1.50 bits per heavy atom. The number of nitrogens with zero attached hydrogens (tertiary/aromatic N) is 2. The maximum atomic E-state index is 12.0. The highest BCUT2D eigenvalue weighted by molar-refractivity contribution is 5.79. The van der Waals surface area contributed by atoms with Gasteiger partial charge in [-0.25, -0.2) is 4.98 Å². The molecule has 1 aliphatic heterocycles. The summed E-state index contributed by atoms with van der Waals surface area (Å²) in [5, 5.41) is 9.42. The van der Waals surface area contributed by atoms with E-state index in [1.165, 1.54) is 12.0 Å². The first-order valence-electron chi connectivity index (χ1n) is 6.53. The zero-order chi connectivity index (χ0) is 14.7. The topological polar surface area (TPSA) is 79.7 Å². The molecule has 1 aromatic rings. The Morgan fingerprint density at radius 2 is 2.25 bits per heavy atom. The lowest BCUT2D eigenvalue weighted by Gasteiger charge is -2.30. The third kappa shape index (κ3) is 2.74. The van der Waals surface area contributed by atoms with Crippen molar-refractivity contribution in [2.45, 2.75) is 25.3 Å². The first-order valence-corrected chi connectivity index (χ1v) is 6.53. The van der Waals surface area contributed by atoms with Gasteiger partial charge in [0.05, 0.1) is 19.1 Å². The lowest BCUT2D eigenvalue weighted by molar-refractivity contribution is -0.145. The SMILES string of the molecule is COc1ccc(C2C(C(=O)O)CCCC(=O)N2C)cn1. The van der Waals surface area contributed by atoms with E-state index < -0.39 is 17.9 Å². The number of carboxylic acids is 1. The Hall–Kier alpha value is -2.11. The van der Waals surface area contributed by atoms with Crippen molar-refractivity contribution in [3.8, 4) is 5.88 Å². The Bertz CT molecular complexity index is 500. The molecule has 1 amide bonds. The zero-order valence-electron chi connectivity index (χ0n) is 11.6. The summed E-state index contributed by atoms with van der Waals surface area (Å²) in [6, 6.07) is 2.96. The van der Waals surface area contributed by atoms with Crippen molar-refractivity contribution in [2.75, 3.05) is 14.2 Å². The van der Waals surface area contributed by atoms with Crippen LogP contribution >= 0.6 is 0 Å². The smallest absolute Gasteiger partial charge is 0.308 e. The van der Waals surface area contributed by atoms with Crippen LogP contribution in [0.4, 0.5) is 0 Å². The first kappa shape index (κ1) is 14.3. The third-order valence-corrected chi connectivity index (χ3v) is 3.72. The standard InChI is InChI=1S/C14H18N2O4/c1-16-12(17)5-3-4-10(14(18)19)13(16)9-6-7-11(20-2)15-8-9/h6-8,10,13H,3-5H2,1-2H3,(H,18,19). The highest BCUT2D eigenvalue weighted by atomic mass is 16.5. The molecule has 2 rings (SSSR count). The quantitative estimate of drug-likeness (QED) is 0.905. The molecule has 20 heavy (non-hydrogen) atoms. The average Bonchev–Trinajstić information content (AvgIpc) is 2.59. The summed E-state index contributed by atoms with van der Waals surface area (Å²) in [6.07, 6.45) is 3.05. The van der Waals surface area contributed by atoms with E-state index in [2.05, 4.69) is 4.98 Å². The number of carboxylic acid groups (broad SMARTS) is 1. The van der Waals surface area contributed by atoms with Gasteiger partial charge in [-0.2, -0.15) is 0 Å². The predicted molar refractivity (Wildman–Crippen MR) is 71.3 cm³/mol. The molecular weight excluding hydrogens is 260 g/mol. The van der Waals surface area contributed by atoms with Crippen LogP contribution in [0.1, 0.15) is 30.9 Å². The van der Waals surface area contributed by atoms with Crippen LogP contribution in [0.15, 0.2) is 18.3 Å².